The fourth-order valence-corrected chi connectivity index (χ4v) is 2.20. The molecule has 5 heteroatoms. The van der Waals surface area contributed by atoms with Crippen LogP contribution in [-0.4, -0.2) is 29.3 Å². The molecule has 1 aliphatic heterocycles. The lowest BCUT2D eigenvalue weighted by molar-refractivity contribution is 0.579. The van der Waals surface area contributed by atoms with E-state index in [0.29, 0.717) is 17.1 Å². The number of hydrogen-bond acceptors (Lipinski definition) is 4. The van der Waals surface area contributed by atoms with Gasteiger partial charge in [-0.3, -0.25) is 0 Å². The maximum Gasteiger partial charge on any atom is 0.151 e. The molecule has 2 N–H and O–H groups in total. The third-order valence-electron chi connectivity index (χ3n) is 2.91. The van der Waals surface area contributed by atoms with Crippen molar-refractivity contribution in [2.45, 2.75) is 19.4 Å². The van der Waals surface area contributed by atoms with Crippen LogP contribution in [0.4, 0.5) is 5.82 Å². The van der Waals surface area contributed by atoms with Gasteiger partial charge in [-0.05, 0) is 37.9 Å². The van der Waals surface area contributed by atoms with Crippen molar-refractivity contribution < 1.29 is 0 Å². The lowest BCUT2D eigenvalue weighted by Crippen LogP contribution is -2.28. The molecular weight excluding hydrogens is 212 g/mol. The summed E-state index contributed by atoms with van der Waals surface area (Å²) in [6.45, 7) is 3.89. The molecule has 82 valence electrons. The molecule has 4 nitrogen and oxygen atoms in total. The Bertz CT molecular complexity index is 327. The number of nitrogens with two attached hydrogens (primary N) is 1. The van der Waals surface area contributed by atoms with E-state index in [-0.39, 0.29) is 0 Å². The summed E-state index contributed by atoms with van der Waals surface area (Å²) in [4.78, 5) is 2.24. The number of aromatic nitrogens is 2. The zero-order valence-electron chi connectivity index (χ0n) is 8.73. The van der Waals surface area contributed by atoms with Gasteiger partial charge in [-0.25, -0.2) is 0 Å². The van der Waals surface area contributed by atoms with Gasteiger partial charge < -0.3 is 10.6 Å². The summed E-state index contributed by atoms with van der Waals surface area (Å²) in [5.74, 6) is 1.46. The van der Waals surface area contributed by atoms with Crippen molar-refractivity contribution >= 4 is 17.4 Å². The van der Waals surface area contributed by atoms with Gasteiger partial charge in [0, 0.05) is 12.6 Å². The molecule has 2 heterocycles. The van der Waals surface area contributed by atoms with Gasteiger partial charge in [-0.2, -0.15) is 0 Å². The van der Waals surface area contributed by atoms with Crippen molar-refractivity contribution in [1.29, 1.82) is 0 Å². The Balaban J connectivity index is 2.14. The van der Waals surface area contributed by atoms with Crippen molar-refractivity contribution in [2.24, 2.45) is 11.7 Å². The molecule has 0 spiro atoms. The second-order valence-electron chi connectivity index (χ2n) is 4.05. The summed E-state index contributed by atoms with van der Waals surface area (Å²) in [6.07, 6.45) is 1.13. The van der Waals surface area contributed by atoms with Crippen molar-refractivity contribution in [3.05, 3.63) is 17.3 Å². The number of anilines is 1. The Morgan fingerprint density at radius 1 is 1.53 bits per heavy atom. The number of nitrogens with zero attached hydrogens (tertiary/aromatic N) is 3. The van der Waals surface area contributed by atoms with E-state index in [4.69, 9.17) is 17.3 Å². The molecule has 0 bridgehead atoms. The minimum Gasteiger partial charge on any atom is -0.352 e. The first-order valence-electron chi connectivity index (χ1n) is 5.16. The smallest absolute Gasteiger partial charge is 0.151 e. The first kappa shape index (κ1) is 10.6. The average molecular weight is 227 g/mol. The molecule has 1 aromatic heterocycles. The minimum absolute atomic E-state index is 0.431. The third-order valence-corrected chi connectivity index (χ3v) is 3.11. The normalized spacial score (nSPS) is 25.9. The van der Waals surface area contributed by atoms with Gasteiger partial charge >= 0.3 is 0 Å². The topological polar surface area (TPSA) is 55.0 Å². The summed E-state index contributed by atoms with van der Waals surface area (Å²) in [5.41, 5.74) is 5.68. The van der Waals surface area contributed by atoms with E-state index in [1.165, 1.54) is 0 Å². The van der Waals surface area contributed by atoms with Crippen LogP contribution in [0.2, 0.25) is 5.15 Å². The molecule has 1 fully saturated rings. The van der Waals surface area contributed by atoms with Crippen LogP contribution in [0.1, 0.15) is 13.3 Å². The Kier molecular flexibility index (Phi) is 3.07. The van der Waals surface area contributed by atoms with Gasteiger partial charge in [0.2, 0.25) is 0 Å². The monoisotopic (exact) mass is 226 g/mol. The molecule has 1 aliphatic rings. The molecule has 2 atom stereocenters. The summed E-state index contributed by atoms with van der Waals surface area (Å²) in [7, 11) is 0. The van der Waals surface area contributed by atoms with Crippen LogP contribution in [0.3, 0.4) is 0 Å². The third kappa shape index (κ3) is 2.21. The highest BCUT2D eigenvalue weighted by Gasteiger charge is 2.28. The summed E-state index contributed by atoms with van der Waals surface area (Å²) < 4.78 is 0. The van der Waals surface area contributed by atoms with Crippen molar-refractivity contribution in [3.63, 3.8) is 0 Å². The summed E-state index contributed by atoms with van der Waals surface area (Å²) in [5, 5.41) is 8.37. The Labute approximate surface area is 94.4 Å². The maximum atomic E-state index is 5.70. The molecule has 15 heavy (non-hydrogen) atoms. The van der Waals surface area contributed by atoms with Crippen LogP contribution in [0.25, 0.3) is 0 Å². The predicted molar refractivity (Wildman–Crippen MR) is 61.0 cm³/mol. The van der Waals surface area contributed by atoms with E-state index in [2.05, 4.69) is 22.0 Å². The number of halogens is 1. The fourth-order valence-electron chi connectivity index (χ4n) is 2.09. The van der Waals surface area contributed by atoms with Crippen LogP contribution in [0.5, 0.6) is 0 Å². The second kappa shape index (κ2) is 4.33. The van der Waals surface area contributed by atoms with E-state index in [1.54, 1.807) is 6.07 Å². The molecule has 2 rings (SSSR count). The number of hydrogen-bond donors (Lipinski definition) is 1. The van der Waals surface area contributed by atoms with E-state index < -0.39 is 0 Å². The summed E-state index contributed by atoms with van der Waals surface area (Å²) in [6, 6.07) is 4.16. The first-order valence-corrected chi connectivity index (χ1v) is 5.54. The zero-order valence-corrected chi connectivity index (χ0v) is 9.48. The molecule has 1 saturated heterocycles. The standard InChI is InChI=1S/C10H15ClN4/c1-7-4-8(5-12)6-15(7)10-3-2-9(11)13-14-10/h2-3,7-8H,4-6,12H2,1H3. The maximum absolute atomic E-state index is 5.70. The largest absolute Gasteiger partial charge is 0.352 e. The lowest BCUT2D eigenvalue weighted by Gasteiger charge is -2.21. The van der Waals surface area contributed by atoms with Gasteiger partial charge in [-0.1, -0.05) is 11.6 Å². The van der Waals surface area contributed by atoms with Gasteiger partial charge in [0.15, 0.2) is 11.0 Å². The van der Waals surface area contributed by atoms with Gasteiger partial charge in [-0.15, -0.1) is 10.2 Å². The average Bonchev–Trinajstić information content (AvgIpc) is 2.61. The molecule has 0 radical (unpaired) electrons. The zero-order chi connectivity index (χ0) is 10.8. The van der Waals surface area contributed by atoms with Crippen molar-refractivity contribution in [2.75, 3.05) is 18.0 Å². The van der Waals surface area contributed by atoms with Crippen LogP contribution in [0.15, 0.2) is 12.1 Å². The SMILES string of the molecule is CC1CC(CN)CN1c1ccc(Cl)nn1. The highest BCUT2D eigenvalue weighted by atomic mass is 35.5. The van der Waals surface area contributed by atoms with Crippen LogP contribution in [0, 0.1) is 5.92 Å². The lowest BCUT2D eigenvalue weighted by atomic mass is 10.1. The van der Waals surface area contributed by atoms with Crippen LogP contribution < -0.4 is 10.6 Å². The molecule has 0 aromatic carbocycles. The highest BCUT2D eigenvalue weighted by Crippen LogP contribution is 2.26. The van der Waals surface area contributed by atoms with Crippen molar-refractivity contribution in [1.82, 2.24) is 10.2 Å². The van der Waals surface area contributed by atoms with E-state index in [0.717, 1.165) is 25.3 Å². The van der Waals surface area contributed by atoms with E-state index in [1.807, 2.05) is 6.07 Å². The van der Waals surface area contributed by atoms with E-state index in [9.17, 15) is 0 Å². The Hall–Kier alpha value is -0.870. The number of rotatable bonds is 2. The van der Waals surface area contributed by atoms with Crippen molar-refractivity contribution in [3.8, 4) is 0 Å². The first-order chi connectivity index (χ1) is 7.20. The Morgan fingerprint density at radius 2 is 2.33 bits per heavy atom. The Morgan fingerprint density at radius 3 is 2.87 bits per heavy atom. The molecule has 1 aromatic rings. The van der Waals surface area contributed by atoms with Gasteiger partial charge in [0.25, 0.3) is 0 Å². The minimum atomic E-state index is 0.431. The highest BCUT2D eigenvalue weighted by molar-refractivity contribution is 6.29. The van der Waals surface area contributed by atoms with Crippen LogP contribution in [-0.2, 0) is 0 Å². The second-order valence-corrected chi connectivity index (χ2v) is 4.44. The molecule has 0 amide bonds. The van der Waals surface area contributed by atoms with Gasteiger partial charge in [0.05, 0.1) is 0 Å². The molecule has 0 aliphatic carbocycles. The summed E-state index contributed by atoms with van der Waals surface area (Å²) >= 11 is 5.70. The van der Waals surface area contributed by atoms with Gasteiger partial charge in [0.1, 0.15) is 0 Å². The molecule has 0 saturated carbocycles. The predicted octanol–water partition coefficient (Wildman–Crippen LogP) is 1.30. The van der Waals surface area contributed by atoms with Crippen LogP contribution >= 0.6 is 11.6 Å². The quantitative estimate of drug-likeness (QED) is 0.826. The fraction of sp³-hybridized carbons (Fsp3) is 0.600. The van der Waals surface area contributed by atoms with E-state index >= 15 is 0 Å². The molecular formula is C10H15ClN4. The molecule has 2 unspecified atom stereocenters.